The van der Waals surface area contributed by atoms with Crippen LogP contribution in [0.2, 0.25) is 0 Å². The molecule has 0 spiro atoms. The second-order valence-electron chi connectivity index (χ2n) is 7.20. The maximum absolute atomic E-state index is 3.70. The third kappa shape index (κ3) is 2.15. The fourth-order valence-electron chi connectivity index (χ4n) is 4.33. The Labute approximate surface area is 162 Å². The average Bonchev–Trinajstić information content (AvgIpc) is 3.35. The van der Waals surface area contributed by atoms with Crippen molar-refractivity contribution >= 4 is 32.7 Å². The zero-order chi connectivity index (χ0) is 18.5. The fourth-order valence-corrected chi connectivity index (χ4v) is 4.33. The number of rotatable bonds is 2. The fraction of sp³-hybridized carbons (Fsp3) is 0. The van der Waals surface area contributed by atoms with Crippen molar-refractivity contribution in [3.63, 3.8) is 0 Å². The quantitative estimate of drug-likeness (QED) is 0.330. The van der Waals surface area contributed by atoms with Crippen LogP contribution in [0.4, 0.5) is 0 Å². The number of fused-ring (bicyclic) bond motifs is 4. The van der Waals surface area contributed by atoms with Crippen LogP contribution in [0.5, 0.6) is 0 Å². The first kappa shape index (κ1) is 15.3. The van der Waals surface area contributed by atoms with Gasteiger partial charge in [0.1, 0.15) is 0 Å². The van der Waals surface area contributed by atoms with Gasteiger partial charge in [-0.05, 0) is 23.3 Å². The van der Waals surface area contributed by atoms with Crippen LogP contribution in [0.25, 0.3) is 55.0 Å². The summed E-state index contributed by atoms with van der Waals surface area (Å²) < 4.78 is 0. The van der Waals surface area contributed by atoms with Crippen LogP contribution in [-0.4, -0.2) is 9.97 Å². The molecule has 6 aromatic rings. The number of hydrogen-bond acceptors (Lipinski definition) is 0. The molecule has 2 N–H and O–H groups in total. The summed E-state index contributed by atoms with van der Waals surface area (Å²) in [4.78, 5) is 7.15. The maximum Gasteiger partial charge on any atom is 0.0551 e. The number of aromatic amines is 2. The monoisotopic (exact) mass is 358 g/mol. The van der Waals surface area contributed by atoms with Gasteiger partial charge in [-0.1, -0.05) is 78.9 Å². The average molecular weight is 358 g/mol. The molecule has 0 aliphatic carbocycles. The van der Waals surface area contributed by atoms with Gasteiger partial charge in [0.25, 0.3) is 0 Å². The molecule has 0 unspecified atom stereocenters. The predicted octanol–water partition coefficient (Wildman–Crippen LogP) is 7.14. The van der Waals surface area contributed by atoms with Gasteiger partial charge in [-0.3, -0.25) is 0 Å². The van der Waals surface area contributed by atoms with Crippen LogP contribution in [-0.2, 0) is 0 Å². The van der Waals surface area contributed by atoms with E-state index in [2.05, 4.69) is 107 Å². The Hall–Kier alpha value is -3.78. The van der Waals surface area contributed by atoms with Gasteiger partial charge in [-0.15, -0.1) is 0 Å². The lowest BCUT2D eigenvalue weighted by Crippen LogP contribution is -1.87. The summed E-state index contributed by atoms with van der Waals surface area (Å²) in [5, 5.41) is 3.76. The molecule has 0 fully saturated rings. The Morgan fingerprint density at radius 1 is 0.500 bits per heavy atom. The Kier molecular flexibility index (Phi) is 3.20. The van der Waals surface area contributed by atoms with E-state index in [-0.39, 0.29) is 0 Å². The third-order valence-electron chi connectivity index (χ3n) is 5.63. The molecule has 2 aromatic heterocycles. The minimum absolute atomic E-state index is 1.16. The van der Waals surface area contributed by atoms with Crippen LogP contribution in [0, 0.1) is 0 Å². The van der Waals surface area contributed by atoms with Gasteiger partial charge < -0.3 is 9.97 Å². The van der Waals surface area contributed by atoms with E-state index in [1.165, 1.54) is 49.4 Å². The van der Waals surface area contributed by atoms with E-state index in [0.29, 0.717) is 0 Å². The van der Waals surface area contributed by atoms with E-state index >= 15 is 0 Å². The van der Waals surface area contributed by atoms with E-state index < -0.39 is 0 Å². The van der Waals surface area contributed by atoms with E-state index in [0.717, 1.165) is 5.52 Å². The molecule has 6 rings (SSSR count). The first-order chi connectivity index (χ1) is 13.9. The summed E-state index contributed by atoms with van der Waals surface area (Å²) in [6.45, 7) is 0. The number of hydrogen-bond donors (Lipinski definition) is 2. The van der Waals surface area contributed by atoms with Gasteiger partial charge in [0.15, 0.2) is 0 Å². The number of aromatic nitrogens is 2. The summed E-state index contributed by atoms with van der Waals surface area (Å²) in [5.74, 6) is 0. The van der Waals surface area contributed by atoms with Crippen molar-refractivity contribution in [2.24, 2.45) is 0 Å². The molecule has 132 valence electrons. The van der Waals surface area contributed by atoms with E-state index in [1.54, 1.807) is 0 Å². The lowest BCUT2D eigenvalue weighted by atomic mass is 9.92. The summed E-state index contributed by atoms with van der Waals surface area (Å²) in [6, 6.07) is 32.2. The van der Waals surface area contributed by atoms with E-state index in [9.17, 15) is 0 Å². The summed E-state index contributed by atoms with van der Waals surface area (Å²) in [7, 11) is 0. The van der Waals surface area contributed by atoms with Crippen LogP contribution in [0.3, 0.4) is 0 Å². The van der Waals surface area contributed by atoms with E-state index in [4.69, 9.17) is 0 Å². The molecule has 0 saturated carbocycles. The SMILES string of the molecule is c1ccc(-c2ccc3c([nH]c4ccccc43)c2-c2c[nH]c3ccccc23)cc1. The second-order valence-corrected chi connectivity index (χ2v) is 7.20. The molecule has 0 saturated heterocycles. The van der Waals surface area contributed by atoms with Crippen molar-refractivity contribution in [2.75, 3.05) is 0 Å². The van der Waals surface area contributed by atoms with Crippen molar-refractivity contribution in [3.8, 4) is 22.3 Å². The Morgan fingerprint density at radius 2 is 1.21 bits per heavy atom. The molecule has 0 aliphatic rings. The molecule has 2 nitrogen and oxygen atoms in total. The second kappa shape index (κ2) is 5.86. The van der Waals surface area contributed by atoms with Crippen LogP contribution < -0.4 is 0 Å². The number of benzene rings is 4. The maximum atomic E-state index is 3.70. The standard InChI is InChI=1S/C26H18N2/c1-2-8-17(9-3-1)18-14-15-21-19-10-5-7-13-24(19)28-26(21)25(18)22-16-27-23-12-6-4-11-20(22)23/h1-16,27-28H. The molecular formula is C26H18N2. The third-order valence-corrected chi connectivity index (χ3v) is 5.63. The van der Waals surface area contributed by atoms with E-state index in [1.807, 2.05) is 0 Å². The number of nitrogens with one attached hydrogen (secondary N) is 2. The number of H-pyrrole nitrogens is 2. The van der Waals surface area contributed by atoms with Gasteiger partial charge in [-0.25, -0.2) is 0 Å². The minimum Gasteiger partial charge on any atom is -0.361 e. The number of para-hydroxylation sites is 2. The zero-order valence-corrected chi connectivity index (χ0v) is 15.2. The molecule has 28 heavy (non-hydrogen) atoms. The minimum atomic E-state index is 1.16. The molecule has 0 bridgehead atoms. The van der Waals surface area contributed by atoms with Crippen molar-refractivity contribution < 1.29 is 0 Å². The van der Waals surface area contributed by atoms with Gasteiger partial charge >= 0.3 is 0 Å². The van der Waals surface area contributed by atoms with Gasteiger partial charge in [0.2, 0.25) is 0 Å². The van der Waals surface area contributed by atoms with Crippen LogP contribution in [0.1, 0.15) is 0 Å². The molecule has 2 heteroatoms. The normalized spacial score (nSPS) is 11.6. The topological polar surface area (TPSA) is 31.6 Å². The lowest BCUT2D eigenvalue weighted by molar-refractivity contribution is 1.47. The highest BCUT2D eigenvalue weighted by molar-refractivity contribution is 6.17. The Bertz CT molecular complexity index is 1450. The van der Waals surface area contributed by atoms with Crippen molar-refractivity contribution in [1.29, 1.82) is 0 Å². The largest absolute Gasteiger partial charge is 0.361 e. The van der Waals surface area contributed by atoms with Gasteiger partial charge in [0, 0.05) is 44.5 Å². The molecule has 0 atom stereocenters. The highest BCUT2D eigenvalue weighted by Crippen LogP contribution is 2.42. The van der Waals surface area contributed by atoms with Crippen molar-refractivity contribution in [3.05, 3.63) is 97.2 Å². The summed E-state index contributed by atoms with van der Waals surface area (Å²) in [5.41, 5.74) is 8.46. The van der Waals surface area contributed by atoms with Crippen molar-refractivity contribution in [1.82, 2.24) is 9.97 Å². The first-order valence-electron chi connectivity index (χ1n) is 9.55. The highest BCUT2D eigenvalue weighted by Gasteiger charge is 2.17. The van der Waals surface area contributed by atoms with Crippen LogP contribution >= 0.6 is 0 Å². The lowest BCUT2D eigenvalue weighted by Gasteiger charge is -2.11. The van der Waals surface area contributed by atoms with Gasteiger partial charge in [0.05, 0.1) is 5.52 Å². The summed E-state index contributed by atoms with van der Waals surface area (Å²) in [6.07, 6.45) is 2.14. The Morgan fingerprint density at radius 3 is 2.07 bits per heavy atom. The zero-order valence-electron chi connectivity index (χ0n) is 15.2. The highest BCUT2D eigenvalue weighted by atomic mass is 14.7. The molecule has 0 radical (unpaired) electrons. The smallest absolute Gasteiger partial charge is 0.0551 e. The molecule has 0 amide bonds. The predicted molar refractivity (Wildman–Crippen MR) is 119 cm³/mol. The molecule has 0 aliphatic heterocycles. The first-order valence-corrected chi connectivity index (χ1v) is 9.55. The van der Waals surface area contributed by atoms with Crippen LogP contribution in [0.15, 0.2) is 97.2 Å². The van der Waals surface area contributed by atoms with Crippen molar-refractivity contribution in [2.45, 2.75) is 0 Å². The molecule has 4 aromatic carbocycles. The van der Waals surface area contributed by atoms with Gasteiger partial charge in [-0.2, -0.15) is 0 Å². The molecule has 2 heterocycles. The Balaban J connectivity index is 1.79. The summed E-state index contributed by atoms with van der Waals surface area (Å²) >= 11 is 0. The molecular weight excluding hydrogens is 340 g/mol.